The molecule has 0 radical (unpaired) electrons. The van der Waals surface area contributed by atoms with Gasteiger partial charge in [0, 0.05) is 11.3 Å². The van der Waals surface area contributed by atoms with Crippen molar-refractivity contribution in [2.45, 2.75) is 18.5 Å². The largest absolute Gasteiger partial charge is 0.456 e. The smallest absolute Gasteiger partial charge is 0.420 e. The Labute approximate surface area is 175 Å². The second-order valence-electron chi connectivity index (χ2n) is 6.61. The number of para-hydroxylation sites is 1. The zero-order valence-electron chi connectivity index (χ0n) is 15.7. The summed E-state index contributed by atoms with van der Waals surface area (Å²) in [6.45, 7) is 0. The quantitative estimate of drug-likeness (QED) is 0.317. The van der Waals surface area contributed by atoms with Gasteiger partial charge in [-0.25, -0.2) is 0 Å². The van der Waals surface area contributed by atoms with E-state index in [0.717, 1.165) is 24.3 Å². The van der Waals surface area contributed by atoms with E-state index in [1.54, 1.807) is 0 Å². The van der Waals surface area contributed by atoms with E-state index in [-0.39, 0.29) is 17.3 Å². The standard InChI is InChI=1S/C21H12F9NO/c22-19(23,24)11-5-7-13(15(9-11)20(25,26)27)14-3-1-2-4-17(14)32-18-8-6-12(31)10-16(18)21(28,29)30/h1-10H,31H2. The van der Waals surface area contributed by atoms with Crippen LogP contribution in [0.1, 0.15) is 16.7 Å². The summed E-state index contributed by atoms with van der Waals surface area (Å²) in [5.41, 5.74) is -0.283. The minimum atomic E-state index is -5.18. The zero-order valence-corrected chi connectivity index (χ0v) is 15.7. The minimum absolute atomic E-state index is 0.0591. The van der Waals surface area contributed by atoms with Gasteiger partial charge < -0.3 is 10.5 Å². The number of ether oxygens (including phenoxy) is 1. The van der Waals surface area contributed by atoms with Crippen molar-refractivity contribution < 1.29 is 44.3 Å². The molecule has 11 heteroatoms. The van der Waals surface area contributed by atoms with E-state index in [4.69, 9.17) is 10.5 Å². The molecule has 3 aromatic rings. The molecule has 0 fully saturated rings. The van der Waals surface area contributed by atoms with Crippen molar-refractivity contribution in [3.63, 3.8) is 0 Å². The molecule has 0 atom stereocenters. The first-order valence-electron chi connectivity index (χ1n) is 8.70. The lowest BCUT2D eigenvalue weighted by Gasteiger charge is -2.19. The highest BCUT2D eigenvalue weighted by Gasteiger charge is 2.39. The van der Waals surface area contributed by atoms with Gasteiger partial charge >= 0.3 is 18.5 Å². The van der Waals surface area contributed by atoms with Crippen molar-refractivity contribution in [3.8, 4) is 22.6 Å². The summed E-state index contributed by atoms with van der Waals surface area (Å²) in [5.74, 6) is -1.16. The number of anilines is 1. The molecule has 0 aliphatic carbocycles. The highest BCUT2D eigenvalue weighted by atomic mass is 19.4. The fourth-order valence-electron chi connectivity index (χ4n) is 2.94. The van der Waals surface area contributed by atoms with Crippen molar-refractivity contribution >= 4 is 5.69 Å². The van der Waals surface area contributed by atoms with E-state index >= 15 is 0 Å². The molecular formula is C21H12F9NO. The molecule has 0 unspecified atom stereocenters. The third kappa shape index (κ3) is 4.92. The summed E-state index contributed by atoms with van der Waals surface area (Å²) in [6, 6.07) is 8.34. The normalized spacial score (nSPS) is 12.7. The number of hydrogen-bond acceptors (Lipinski definition) is 2. The SMILES string of the molecule is Nc1ccc(Oc2ccccc2-c2ccc(C(F)(F)F)cc2C(F)(F)F)c(C(F)(F)F)c1. The van der Waals surface area contributed by atoms with E-state index in [1.807, 2.05) is 0 Å². The highest BCUT2D eigenvalue weighted by molar-refractivity contribution is 5.75. The molecule has 0 heterocycles. The van der Waals surface area contributed by atoms with Crippen LogP contribution in [0.4, 0.5) is 45.2 Å². The lowest BCUT2D eigenvalue weighted by Crippen LogP contribution is -2.12. The fourth-order valence-corrected chi connectivity index (χ4v) is 2.94. The summed E-state index contributed by atoms with van der Waals surface area (Å²) in [5, 5.41) is 0. The lowest BCUT2D eigenvalue weighted by molar-refractivity contribution is -0.143. The van der Waals surface area contributed by atoms with Crippen LogP contribution in [0, 0.1) is 0 Å². The van der Waals surface area contributed by atoms with Crippen molar-refractivity contribution in [1.82, 2.24) is 0 Å². The Morgan fingerprint density at radius 1 is 0.562 bits per heavy atom. The summed E-state index contributed by atoms with van der Waals surface area (Å²) in [4.78, 5) is 0. The first-order chi connectivity index (χ1) is 14.7. The van der Waals surface area contributed by atoms with Gasteiger partial charge in [-0.2, -0.15) is 39.5 Å². The van der Waals surface area contributed by atoms with Crippen molar-refractivity contribution in [1.29, 1.82) is 0 Å². The molecule has 170 valence electrons. The lowest BCUT2D eigenvalue weighted by atomic mass is 9.96. The number of alkyl halides is 9. The number of nitrogens with two attached hydrogens (primary N) is 1. The van der Waals surface area contributed by atoms with E-state index in [0.29, 0.717) is 18.2 Å². The molecule has 0 spiro atoms. The van der Waals surface area contributed by atoms with Gasteiger partial charge in [-0.1, -0.05) is 24.3 Å². The molecule has 3 rings (SSSR count). The van der Waals surface area contributed by atoms with Gasteiger partial charge in [-0.15, -0.1) is 0 Å². The summed E-state index contributed by atoms with van der Waals surface area (Å²) >= 11 is 0. The Morgan fingerprint density at radius 2 is 1.19 bits per heavy atom. The van der Waals surface area contributed by atoms with Crippen LogP contribution in [-0.4, -0.2) is 0 Å². The van der Waals surface area contributed by atoms with Gasteiger partial charge in [0.1, 0.15) is 17.1 Å². The molecule has 0 bridgehead atoms. The third-order valence-corrected chi connectivity index (χ3v) is 4.36. The van der Waals surface area contributed by atoms with E-state index < -0.39 is 52.3 Å². The molecule has 0 aliphatic heterocycles. The van der Waals surface area contributed by atoms with Crippen LogP contribution in [0.15, 0.2) is 60.7 Å². The Kier molecular flexibility index (Phi) is 5.79. The first kappa shape index (κ1) is 23.3. The number of rotatable bonds is 3. The second-order valence-corrected chi connectivity index (χ2v) is 6.61. The molecule has 2 N–H and O–H groups in total. The molecule has 0 aliphatic rings. The van der Waals surface area contributed by atoms with Gasteiger partial charge in [0.05, 0.1) is 11.1 Å². The van der Waals surface area contributed by atoms with E-state index in [1.165, 1.54) is 12.1 Å². The maximum Gasteiger partial charge on any atom is 0.420 e. The van der Waals surface area contributed by atoms with Crippen LogP contribution in [0.2, 0.25) is 0 Å². The minimum Gasteiger partial charge on any atom is -0.456 e. The predicted octanol–water partition coefficient (Wildman–Crippen LogP) is 7.78. The van der Waals surface area contributed by atoms with Gasteiger partial charge in [-0.3, -0.25) is 0 Å². The topological polar surface area (TPSA) is 35.2 Å². The molecule has 0 amide bonds. The fraction of sp³-hybridized carbons (Fsp3) is 0.143. The first-order valence-corrected chi connectivity index (χ1v) is 8.70. The number of hydrogen-bond donors (Lipinski definition) is 1. The maximum absolute atomic E-state index is 13.6. The van der Waals surface area contributed by atoms with Gasteiger partial charge in [0.2, 0.25) is 0 Å². The summed E-state index contributed by atoms with van der Waals surface area (Å²) in [7, 11) is 0. The average molecular weight is 465 g/mol. The Morgan fingerprint density at radius 3 is 1.78 bits per heavy atom. The Bertz CT molecular complexity index is 1130. The van der Waals surface area contributed by atoms with Crippen molar-refractivity contribution in [2.24, 2.45) is 0 Å². The molecule has 0 aromatic heterocycles. The van der Waals surface area contributed by atoms with E-state index in [2.05, 4.69) is 0 Å². The second kappa shape index (κ2) is 7.95. The Balaban J connectivity index is 2.17. The molecule has 32 heavy (non-hydrogen) atoms. The van der Waals surface area contributed by atoms with Crippen LogP contribution in [-0.2, 0) is 18.5 Å². The van der Waals surface area contributed by atoms with Crippen LogP contribution < -0.4 is 10.5 Å². The number of nitrogen functional groups attached to an aromatic ring is 1. The van der Waals surface area contributed by atoms with Gasteiger partial charge in [0.15, 0.2) is 0 Å². The molecule has 2 nitrogen and oxygen atoms in total. The molecule has 3 aromatic carbocycles. The zero-order chi connectivity index (χ0) is 23.9. The molecule has 0 saturated heterocycles. The molecule has 0 saturated carbocycles. The monoisotopic (exact) mass is 465 g/mol. The van der Waals surface area contributed by atoms with Crippen molar-refractivity contribution in [2.75, 3.05) is 5.73 Å². The van der Waals surface area contributed by atoms with Crippen LogP contribution in [0.5, 0.6) is 11.5 Å². The Hall–Kier alpha value is -3.37. The summed E-state index contributed by atoms with van der Waals surface area (Å²) in [6.07, 6.45) is -15.1. The van der Waals surface area contributed by atoms with Crippen LogP contribution >= 0.6 is 0 Å². The van der Waals surface area contributed by atoms with Gasteiger partial charge in [0.25, 0.3) is 0 Å². The van der Waals surface area contributed by atoms with E-state index in [9.17, 15) is 39.5 Å². The van der Waals surface area contributed by atoms with Crippen LogP contribution in [0.25, 0.3) is 11.1 Å². The number of benzene rings is 3. The van der Waals surface area contributed by atoms with Gasteiger partial charge in [-0.05, 0) is 42.0 Å². The average Bonchev–Trinajstić information content (AvgIpc) is 2.67. The predicted molar refractivity (Wildman–Crippen MR) is 97.8 cm³/mol. The number of halogens is 9. The van der Waals surface area contributed by atoms with Crippen molar-refractivity contribution in [3.05, 3.63) is 77.4 Å². The molecular weight excluding hydrogens is 453 g/mol. The van der Waals surface area contributed by atoms with Crippen LogP contribution in [0.3, 0.4) is 0 Å². The third-order valence-electron chi connectivity index (χ3n) is 4.36. The summed E-state index contributed by atoms with van der Waals surface area (Å²) < 4.78 is 125. The maximum atomic E-state index is 13.6. The highest BCUT2D eigenvalue weighted by Crippen LogP contribution is 2.45.